The summed E-state index contributed by atoms with van der Waals surface area (Å²) in [6, 6.07) is 0. The summed E-state index contributed by atoms with van der Waals surface area (Å²) >= 11 is 0. The standard InChI is InChI=1S/C13H22N4O4/c1-6-20-11(18)13(9(3)4,12(19)21-7-2)8-10-14-16-17(5)15-10/h9H,6-8H2,1-5H3. The highest BCUT2D eigenvalue weighted by molar-refractivity contribution is 6.00. The van der Waals surface area contributed by atoms with Crippen LogP contribution in [0.1, 0.15) is 33.5 Å². The minimum absolute atomic E-state index is 0.00380. The number of rotatable bonds is 7. The molecule has 118 valence electrons. The van der Waals surface area contributed by atoms with E-state index in [2.05, 4.69) is 15.4 Å². The molecule has 0 bridgehead atoms. The molecule has 0 amide bonds. The van der Waals surface area contributed by atoms with E-state index in [0.29, 0.717) is 5.82 Å². The highest BCUT2D eigenvalue weighted by Gasteiger charge is 2.52. The van der Waals surface area contributed by atoms with Crippen LogP contribution in [-0.2, 0) is 32.5 Å². The fraction of sp³-hybridized carbons (Fsp3) is 0.769. The molecule has 0 aromatic carbocycles. The number of nitrogens with zero attached hydrogens (tertiary/aromatic N) is 4. The summed E-state index contributed by atoms with van der Waals surface area (Å²) in [4.78, 5) is 26.1. The van der Waals surface area contributed by atoms with Gasteiger partial charge in [-0.1, -0.05) is 13.8 Å². The van der Waals surface area contributed by atoms with E-state index < -0.39 is 17.4 Å². The van der Waals surface area contributed by atoms with Crippen LogP contribution >= 0.6 is 0 Å². The van der Waals surface area contributed by atoms with E-state index in [-0.39, 0.29) is 25.6 Å². The summed E-state index contributed by atoms with van der Waals surface area (Å²) in [7, 11) is 1.61. The Balaban J connectivity index is 3.22. The van der Waals surface area contributed by atoms with Crippen LogP contribution in [0.5, 0.6) is 0 Å². The SMILES string of the molecule is CCOC(=O)C(Cc1nnn(C)n1)(C(=O)OCC)C(C)C. The molecule has 1 aromatic rings. The maximum absolute atomic E-state index is 12.4. The minimum Gasteiger partial charge on any atom is -0.465 e. The van der Waals surface area contributed by atoms with Crippen molar-refractivity contribution in [2.24, 2.45) is 18.4 Å². The Morgan fingerprint density at radius 3 is 2.05 bits per heavy atom. The first-order chi connectivity index (χ1) is 9.88. The largest absolute Gasteiger partial charge is 0.465 e. The van der Waals surface area contributed by atoms with Crippen molar-refractivity contribution in [2.75, 3.05) is 13.2 Å². The van der Waals surface area contributed by atoms with Crippen molar-refractivity contribution >= 4 is 11.9 Å². The number of ether oxygens (including phenoxy) is 2. The van der Waals surface area contributed by atoms with Crippen LogP contribution in [-0.4, -0.2) is 45.4 Å². The van der Waals surface area contributed by atoms with Gasteiger partial charge in [0, 0.05) is 6.42 Å². The Bertz CT molecular complexity index is 480. The first-order valence-electron chi connectivity index (χ1n) is 6.95. The van der Waals surface area contributed by atoms with Gasteiger partial charge in [-0.2, -0.15) is 4.80 Å². The van der Waals surface area contributed by atoms with Crippen LogP contribution in [0, 0.1) is 11.3 Å². The van der Waals surface area contributed by atoms with E-state index in [1.54, 1.807) is 34.7 Å². The molecule has 0 saturated carbocycles. The van der Waals surface area contributed by atoms with E-state index >= 15 is 0 Å². The molecule has 0 aliphatic rings. The number of esters is 2. The molecule has 1 rings (SSSR count). The molecule has 0 fully saturated rings. The molecule has 0 atom stereocenters. The van der Waals surface area contributed by atoms with Gasteiger partial charge in [0.2, 0.25) is 0 Å². The zero-order valence-electron chi connectivity index (χ0n) is 13.1. The van der Waals surface area contributed by atoms with Gasteiger partial charge in [0.25, 0.3) is 0 Å². The maximum atomic E-state index is 12.4. The second-order valence-corrected chi connectivity index (χ2v) is 4.94. The average Bonchev–Trinajstić information content (AvgIpc) is 2.81. The van der Waals surface area contributed by atoms with Gasteiger partial charge >= 0.3 is 11.9 Å². The number of hydrogen-bond donors (Lipinski definition) is 0. The topological polar surface area (TPSA) is 96.2 Å². The molecule has 0 saturated heterocycles. The van der Waals surface area contributed by atoms with Gasteiger partial charge in [0.1, 0.15) is 0 Å². The Labute approximate surface area is 123 Å². The highest BCUT2D eigenvalue weighted by atomic mass is 16.6. The van der Waals surface area contributed by atoms with Crippen molar-refractivity contribution in [3.05, 3.63) is 5.82 Å². The van der Waals surface area contributed by atoms with Gasteiger partial charge in [-0.25, -0.2) is 0 Å². The molecule has 0 radical (unpaired) electrons. The molecule has 1 heterocycles. The first kappa shape index (κ1) is 17.1. The third-order valence-corrected chi connectivity index (χ3v) is 3.25. The molecular weight excluding hydrogens is 276 g/mol. The molecule has 0 N–H and O–H groups in total. The smallest absolute Gasteiger partial charge is 0.324 e. The molecule has 8 nitrogen and oxygen atoms in total. The van der Waals surface area contributed by atoms with Crippen molar-refractivity contribution in [3.8, 4) is 0 Å². The molecular formula is C13H22N4O4. The van der Waals surface area contributed by atoms with E-state index in [0.717, 1.165) is 0 Å². The Morgan fingerprint density at radius 1 is 1.19 bits per heavy atom. The zero-order valence-corrected chi connectivity index (χ0v) is 13.1. The molecule has 0 spiro atoms. The second kappa shape index (κ2) is 7.14. The van der Waals surface area contributed by atoms with Crippen molar-refractivity contribution in [1.82, 2.24) is 20.2 Å². The Hall–Kier alpha value is -1.99. The third-order valence-electron chi connectivity index (χ3n) is 3.25. The van der Waals surface area contributed by atoms with Crippen molar-refractivity contribution in [3.63, 3.8) is 0 Å². The fourth-order valence-electron chi connectivity index (χ4n) is 2.07. The van der Waals surface area contributed by atoms with E-state index in [4.69, 9.17) is 9.47 Å². The summed E-state index contributed by atoms with van der Waals surface area (Å²) < 4.78 is 10.2. The van der Waals surface area contributed by atoms with Crippen molar-refractivity contribution in [2.45, 2.75) is 34.1 Å². The summed E-state index contributed by atoms with van der Waals surface area (Å²) in [6.07, 6.45) is -0.00380. The van der Waals surface area contributed by atoms with Crippen LogP contribution in [0.25, 0.3) is 0 Å². The van der Waals surface area contributed by atoms with Crippen LogP contribution in [0.4, 0.5) is 0 Å². The Kier molecular flexibility index (Phi) is 5.80. The van der Waals surface area contributed by atoms with Gasteiger partial charge in [0.15, 0.2) is 11.2 Å². The van der Waals surface area contributed by atoms with E-state index in [1.165, 1.54) is 4.80 Å². The van der Waals surface area contributed by atoms with Crippen LogP contribution in [0.2, 0.25) is 0 Å². The van der Waals surface area contributed by atoms with Gasteiger partial charge in [-0.3, -0.25) is 9.59 Å². The molecule has 0 aliphatic heterocycles. The van der Waals surface area contributed by atoms with Gasteiger partial charge in [-0.15, -0.1) is 10.2 Å². The number of carbonyl (C=O) groups excluding carboxylic acids is 2. The fourth-order valence-corrected chi connectivity index (χ4v) is 2.07. The predicted molar refractivity (Wildman–Crippen MR) is 73.0 cm³/mol. The second-order valence-electron chi connectivity index (χ2n) is 4.94. The molecule has 8 heteroatoms. The highest BCUT2D eigenvalue weighted by Crippen LogP contribution is 2.34. The van der Waals surface area contributed by atoms with Crippen molar-refractivity contribution in [1.29, 1.82) is 0 Å². The lowest BCUT2D eigenvalue weighted by atomic mass is 9.74. The summed E-state index contributed by atoms with van der Waals surface area (Å²) in [5, 5.41) is 11.6. The maximum Gasteiger partial charge on any atom is 0.324 e. The zero-order chi connectivity index (χ0) is 16.0. The predicted octanol–water partition coefficient (Wildman–Crippen LogP) is 0.521. The van der Waals surface area contributed by atoms with E-state index in [1.807, 2.05) is 0 Å². The van der Waals surface area contributed by atoms with Gasteiger partial charge in [0.05, 0.1) is 20.3 Å². The Morgan fingerprint density at radius 2 is 1.71 bits per heavy atom. The summed E-state index contributed by atoms with van der Waals surface area (Å²) in [5.74, 6) is -1.27. The lowest BCUT2D eigenvalue weighted by Gasteiger charge is -2.31. The quantitative estimate of drug-likeness (QED) is 0.535. The van der Waals surface area contributed by atoms with Gasteiger partial charge < -0.3 is 9.47 Å². The molecule has 1 aromatic heterocycles. The van der Waals surface area contributed by atoms with Crippen molar-refractivity contribution < 1.29 is 19.1 Å². The minimum atomic E-state index is -1.46. The lowest BCUT2D eigenvalue weighted by Crippen LogP contribution is -2.48. The number of tetrazole rings is 1. The first-order valence-corrected chi connectivity index (χ1v) is 6.95. The normalized spacial score (nSPS) is 11.5. The number of hydrogen-bond acceptors (Lipinski definition) is 7. The van der Waals surface area contributed by atoms with Crippen LogP contribution in [0.3, 0.4) is 0 Å². The molecule has 0 aliphatic carbocycles. The van der Waals surface area contributed by atoms with Crippen LogP contribution in [0.15, 0.2) is 0 Å². The lowest BCUT2D eigenvalue weighted by molar-refractivity contribution is -0.176. The van der Waals surface area contributed by atoms with Gasteiger partial charge in [-0.05, 0) is 25.0 Å². The number of carbonyl (C=O) groups is 2. The summed E-state index contributed by atoms with van der Waals surface area (Å²) in [6.45, 7) is 7.28. The number of aryl methyl sites for hydroxylation is 1. The summed E-state index contributed by atoms with van der Waals surface area (Å²) in [5.41, 5.74) is -1.46. The molecule has 21 heavy (non-hydrogen) atoms. The molecule has 0 unspecified atom stereocenters. The van der Waals surface area contributed by atoms with Crippen LogP contribution < -0.4 is 0 Å². The number of aromatic nitrogens is 4. The average molecular weight is 298 g/mol. The third kappa shape index (κ3) is 3.56. The van der Waals surface area contributed by atoms with E-state index in [9.17, 15) is 9.59 Å². The monoisotopic (exact) mass is 298 g/mol.